The highest BCUT2D eigenvalue weighted by Gasteiger charge is 2.32. The molecule has 1 aromatic carbocycles. The quantitative estimate of drug-likeness (QED) is 0.477. The zero-order valence-electron chi connectivity index (χ0n) is 18.7. The van der Waals surface area contributed by atoms with Gasteiger partial charge in [0.25, 0.3) is 0 Å². The van der Waals surface area contributed by atoms with Crippen molar-refractivity contribution in [3.63, 3.8) is 0 Å². The molecule has 3 rings (SSSR count). The van der Waals surface area contributed by atoms with Crippen LogP contribution in [0.2, 0.25) is 0 Å². The molecular weight excluding hydrogens is 418 g/mol. The predicted molar refractivity (Wildman–Crippen MR) is 115 cm³/mol. The maximum atomic E-state index is 12.5. The van der Waals surface area contributed by atoms with Crippen LogP contribution in [-0.2, 0) is 14.3 Å². The number of rotatable bonds is 9. The van der Waals surface area contributed by atoms with Gasteiger partial charge in [0, 0.05) is 25.3 Å². The zero-order chi connectivity index (χ0) is 23.1. The van der Waals surface area contributed by atoms with Crippen molar-refractivity contribution in [1.29, 1.82) is 0 Å². The lowest BCUT2D eigenvalue weighted by atomic mass is 9.95. The van der Waals surface area contributed by atoms with Gasteiger partial charge in [-0.15, -0.1) is 0 Å². The highest BCUT2D eigenvalue weighted by Crippen LogP contribution is 2.34. The Balaban J connectivity index is 1.72. The van der Waals surface area contributed by atoms with E-state index in [1.807, 2.05) is 0 Å². The average Bonchev–Trinajstić information content (AvgIpc) is 2.77. The lowest BCUT2D eigenvalue weighted by Crippen LogP contribution is -2.45. The Morgan fingerprint density at radius 1 is 1.31 bits per heavy atom. The molecule has 2 amide bonds. The van der Waals surface area contributed by atoms with Crippen LogP contribution in [0.15, 0.2) is 29.5 Å². The van der Waals surface area contributed by atoms with Crippen molar-refractivity contribution in [3.05, 3.63) is 35.0 Å². The van der Waals surface area contributed by atoms with E-state index >= 15 is 0 Å². The molecule has 0 aromatic heterocycles. The first-order valence-electron chi connectivity index (χ1n) is 10.7. The average molecular weight is 450 g/mol. The molecule has 3 N–H and O–H groups in total. The third kappa shape index (κ3) is 5.90. The monoisotopic (exact) mass is 449 g/mol. The largest absolute Gasteiger partial charge is 0.493 e. The Labute approximate surface area is 187 Å². The summed E-state index contributed by atoms with van der Waals surface area (Å²) in [4.78, 5) is 26.7. The van der Waals surface area contributed by atoms with Gasteiger partial charge in [-0.05, 0) is 31.5 Å². The molecule has 2 aliphatic rings. The number of benzene rings is 1. The van der Waals surface area contributed by atoms with E-state index in [1.54, 1.807) is 32.0 Å². The smallest absolute Gasteiger partial charge is 0.338 e. The minimum atomic E-state index is -0.697. The van der Waals surface area contributed by atoms with Gasteiger partial charge >= 0.3 is 12.0 Å². The third-order valence-corrected chi connectivity index (χ3v) is 5.29. The molecule has 2 atom stereocenters. The summed E-state index contributed by atoms with van der Waals surface area (Å²) in [5, 5.41) is 15.7. The summed E-state index contributed by atoms with van der Waals surface area (Å²) in [6.45, 7) is 7.10. The van der Waals surface area contributed by atoms with Crippen molar-refractivity contribution in [1.82, 2.24) is 15.5 Å². The summed E-state index contributed by atoms with van der Waals surface area (Å²) in [5.74, 6) is 0.374. The molecule has 10 heteroatoms. The molecule has 176 valence electrons. The first-order chi connectivity index (χ1) is 15.4. The Morgan fingerprint density at radius 2 is 2.06 bits per heavy atom. The molecule has 1 aromatic rings. The van der Waals surface area contributed by atoms with E-state index in [-0.39, 0.29) is 13.2 Å². The van der Waals surface area contributed by atoms with Crippen molar-refractivity contribution in [2.24, 2.45) is 0 Å². The van der Waals surface area contributed by atoms with Crippen LogP contribution in [0.25, 0.3) is 0 Å². The highest BCUT2D eigenvalue weighted by molar-refractivity contribution is 5.95. The Hall–Kier alpha value is -2.82. The van der Waals surface area contributed by atoms with Crippen LogP contribution in [0.1, 0.15) is 25.5 Å². The van der Waals surface area contributed by atoms with Gasteiger partial charge in [0.15, 0.2) is 11.5 Å². The minimum absolute atomic E-state index is 0.101. The Bertz CT molecular complexity index is 852. The number of β-amino-alcohol motifs (C(OH)–C–C–N with tert-alkyl or cyclic N) is 1. The molecular formula is C22H31N3O7. The van der Waals surface area contributed by atoms with Gasteiger partial charge in [-0.3, -0.25) is 4.90 Å². The van der Waals surface area contributed by atoms with Crippen LogP contribution in [0, 0.1) is 0 Å². The number of carbonyl (C=O) groups is 2. The number of nitrogens with zero attached hydrogens (tertiary/aromatic N) is 1. The number of hydrogen-bond donors (Lipinski definition) is 3. The van der Waals surface area contributed by atoms with Crippen LogP contribution < -0.4 is 20.1 Å². The van der Waals surface area contributed by atoms with Crippen molar-refractivity contribution in [3.8, 4) is 11.5 Å². The van der Waals surface area contributed by atoms with E-state index in [1.165, 1.54) is 7.11 Å². The molecule has 0 spiro atoms. The van der Waals surface area contributed by atoms with Gasteiger partial charge in [0.2, 0.25) is 0 Å². The van der Waals surface area contributed by atoms with Gasteiger partial charge in [-0.1, -0.05) is 6.07 Å². The summed E-state index contributed by atoms with van der Waals surface area (Å²) in [6, 6.07) is 4.03. The zero-order valence-corrected chi connectivity index (χ0v) is 18.7. The van der Waals surface area contributed by atoms with Crippen molar-refractivity contribution < 1.29 is 33.6 Å². The topological polar surface area (TPSA) is 119 Å². The number of aliphatic hydroxyl groups is 1. The number of hydrogen-bond acceptors (Lipinski definition) is 8. The first-order valence-corrected chi connectivity index (χ1v) is 10.7. The van der Waals surface area contributed by atoms with E-state index in [2.05, 4.69) is 15.5 Å². The summed E-state index contributed by atoms with van der Waals surface area (Å²) >= 11 is 0. The first kappa shape index (κ1) is 23.8. The minimum Gasteiger partial charge on any atom is -0.493 e. The SMILES string of the molecule is CCOC(=O)C1=C(C)NC(=O)NC1c1ccc(OCC(O)CN2CCOCC2)c(OC)c1. The molecule has 0 bridgehead atoms. The summed E-state index contributed by atoms with van der Waals surface area (Å²) in [6.07, 6.45) is -0.665. The van der Waals surface area contributed by atoms with Crippen LogP contribution >= 0.6 is 0 Å². The number of esters is 1. The van der Waals surface area contributed by atoms with E-state index in [0.29, 0.717) is 48.1 Å². The van der Waals surface area contributed by atoms with Crippen LogP contribution in [0.3, 0.4) is 0 Å². The molecule has 0 aliphatic carbocycles. The van der Waals surface area contributed by atoms with Gasteiger partial charge in [-0.25, -0.2) is 9.59 Å². The third-order valence-electron chi connectivity index (χ3n) is 5.29. The number of allylic oxidation sites excluding steroid dienone is 1. The predicted octanol–water partition coefficient (Wildman–Crippen LogP) is 0.958. The molecule has 1 saturated heterocycles. The van der Waals surface area contributed by atoms with Crippen molar-refractivity contribution >= 4 is 12.0 Å². The van der Waals surface area contributed by atoms with E-state index < -0.39 is 24.1 Å². The normalized spacial score (nSPS) is 20.2. The molecule has 32 heavy (non-hydrogen) atoms. The second-order valence-electron chi connectivity index (χ2n) is 7.58. The lowest BCUT2D eigenvalue weighted by molar-refractivity contribution is -0.139. The number of nitrogens with one attached hydrogen (secondary N) is 2. The Morgan fingerprint density at radius 3 is 2.75 bits per heavy atom. The number of morpholine rings is 1. The number of methoxy groups -OCH3 is 1. The molecule has 0 saturated carbocycles. The summed E-state index contributed by atoms with van der Waals surface area (Å²) < 4.78 is 21.7. The Kier molecular flexibility index (Phi) is 8.32. The van der Waals surface area contributed by atoms with E-state index in [4.69, 9.17) is 18.9 Å². The number of carbonyl (C=O) groups excluding carboxylic acids is 2. The number of aliphatic hydroxyl groups excluding tert-OH is 1. The van der Waals surface area contributed by atoms with Crippen LogP contribution in [0.5, 0.6) is 11.5 Å². The van der Waals surface area contributed by atoms with Crippen molar-refractivity contribution in [2.75, 3.05) is 53.2 Å². The van der Waals surface area contributed by atoms with Gasteiger partial charge in [0.05, 0.1) is 38.5 Å². The molecule has 10 nitrogen and oxygen atoms in total. The van der Waals surface area contributed by atoms with Gasteiger partial charge in [-0.2, -0.15) is 0 Å². The maximum absolute atomic E-state index is 12.5. The van der Waals surface area contributed by atoms with E-state index in [0.717, 1.165) is 13.1 Å². The van der Waals surface area contributed by atoms with Crippen molar-refractivity contribution in [2.45, 2.75) is 26.0 Å². The number of urea groups is 1. The van der Waals surface area contributed by atoms with Gasteiger partial charge in [0.1, 0.15) is 12.7 Å². The summed E-state index contributed by atoms with van der Waals surface area (Å²) in [5.41, 5.74) is 1.39. The molecule has 1 fully saturated rings. The molecule has 2 aliphatic heterocycles. The fourth-order valence-corrected chi connectivity index (χ4v) is 3.73. The van der Waals surface area contributed by atoms with E-state index in [9.17, 15) is 14.7 Å². The summed E-state index contributed by atoms with van der Waals surface area (Å²) in [7, 11) is 1.50. The molecule has 2 heterocycles. The van der Waals surface area contributed by atoms with Gasteiger partial charge < -0.3 is 34.7 Å². The van der Waals surface area contributed by atoms with Crippen LogP contribution in [-0.4, -0.2) is 81.3 Å². The highest BCUT2D eigenvalue weighted by atomic mass is 16.5. The second-order valence-corrected chi connectivity index (χ2v) is 7.58. The van der Waals surface area contributed by atoms with Crippen LogP contribution in [0.4, 0.5) is 4.79 Å². The second kappa shape index (κ2) is 11.2. The number of amides is 2. The fourth-order valence-electron chi connectivity index (χ4n) is 3.73. The fraction of sp³-hybridized carbons (Fsp3) is 0.545. The maximum Gasteiger partial charge on any atom is 0.338 e. The number of ether oxygens (including phenoxy) is 4. The standard InChI is InChI=1S/C22H31N3O7/c1-4-31-21(27)19-14(2)23-22(28)24-20(19)15-5-6-17(18(11-15)29-3)32-13-16(26)12-25-7-9-30-10-8-25/h5-6,11,16,20,26H,4,7-10,12-13H2,1-3H3,(H2,23,24,28). The molecule has 2 unspecified atom stereocenters. The molecule has 0 radical (unpaired) electrons. The lowest BCUT2D eigenvalue weighted by Gasteiger charge is -2.29.